The first kappa shape index (κ1) is 14.0. The Kier molecular flexibility index (Phi) is 7.11. The first-order valence-electron chi connectivity index (χ1n) is 7.48. The monoisotopic (exact) mass is 225 g/mol. The molecule has 1 fully saturated rings. The lowest BCUT2D eigenvalue weighted by molar-refractivity contribution is 0.382. The van der Waals surface area contributed by atoms with Crippen molar-refractivity contribution in [2.75, 3.05) is 0 Å². The van der Waals surface area contributed by atoms with Gasteiger partial charge in [0.1, 0.15) is 0 Å². The molecule has 0 aliphatic heterocycles. The summed E-state index contributed by atoms with van der Waals surface area (Å²) in [6.07, 6.45) is 12.6. The molecule has 16 heavy (non-hydrogen) atoms. The lowest BCUT2D eigenvalue weighted by Crippen LogP contribution is -2.36. The van der Waals surface area contributed by atoms with Gasteiger partial charge in [-0.05, 0) is 38.5 Å². The summed E-state index contributed by atoms with van der Waals surface area (Å²) in [7, 11) is 0. The number of rotatable bonds is 6. The molecule has 0 bridgehead atoms. The van der Waals surface area contributed by atoms with Crippen LogP contribution < -0.4 is 5.32 Å². The summed E-state index contributed by atoms with van der Waals surface area (Å²) in [5, 5.41) is 3.84. The van der Waals surface area contributed by atoms with E-state index < -0.39 is 0 Å². The fourth-order valence-electron chi connectivity index (χ4n) is 2.84. The molecule has 0 spiro atoms. The maximum Gasteiger partial charge on any atom is 0.00696 e. The average molecular weight is 225 g/mol. The van der Waals surface area contributed by atoms with Gasteiger partial charge in [-0.15, -0.1) is 0 Å². The Morgan fingerprint density at radius 1 is 1.12 bits per heavy atom. The highest BCUT2D eigenvalue weighted by molar-refractivity contribution is 4.76. The Hall–Kier alpha value is -0.0400. The van der Waals surface area contributed by atoms with Gasteiger partial charge in [-0.1, -0.05) is 46.0 Å². The van der Waals surface area contributed by atoms with Crippen molar-refractivity contribution in [3.63, 3.8) is 0 Å². The van der Waals surface area contributed by atoms with Crippen molar-refractivity contribution in [3.8, 4) is 0 Å². The molecule has 3 unspecified atom stereocenters. The van der Waals surface area contributed by atoms with Crippen molar-refractivity contribution in [2.24, 2.45) is 5.92 Å². The molecular weight excluding hydrogens is 194 g/mol. The third-order valence-electron chi connectivity index (χ3n) is 4.02. The summed E-state index contributed by atoms with van der Waals surface area (Å²) in [6, 6.07) is 1.53. The van der Waals surface area contributed by atoms with Gasteiger partial charge in [-0.2, -0.15) is 0 Å². The van der Waals surface area contributed by atoms with Crippen LogP contribution in [-0.2, 0) is 0 Å². The van der Waals surface area contributed by atoms with Gasteiger partial charge >= 0.3 is 0 Å². The van der Waals surface area contributed by atoms with Crippen molar-refractivity contribution < 1.29 is 0 Å². The van der Waals surface area contributed by atoms with Crippen molar-refractivity contribution in [1.82, 2.24) is 5.32 Å². The van der Waals surface area contributed by atoms with Gasteiger partial charge in [0, 0.05) is 12.1 Å². The normalized spacial score (nSPS) is 28.7. The number of hydrogen-bond acceptors (Lipinski definition) is 1. The van der Waals surface area contributed by atoms with E-state index in [0.29, 0.717) is 0 Å². The number of nitrogens with one attached hydrogen (secondary N) is 1. The lowest BCUT2D eigenvalue weighted by Gasteiger charge is -2.22. The first-order chi connectivity index (χ1) is 7.72. The molecule has 1 heteroatoms. The van der Waals surface area contributed by atoms with Crippen LogP contribution in [0.25, 0.3) is 0 Å². The molecule has 0 radical (unpaired) electrons. The van der Waals surface area contributed by atoms with Crippen LogP contribution in [0.1, 0.15) is 78.6 Å². The van der Waals surface area contributed by atoms with Crippen LogP contribution in [0.3, 0.4) is 0 Å². The van der Waals surface area contributed by atoms with E-state index in [2.05, 4.69) is 26.1 Å². The van der Waals surface area contributed by atoms with Gasteiger partial charge in [0.25, 0.3) is 0 Å². The molecule has 1 nitrogen and oxygen atoms in total. The molecule has 3 atom stereocenters. The summed E-state index contributed by atoms with van der Waals surface area (Å²) in [5.41, 5.74) is 0. The van der Waals surface area contributed by atoms with E-state index in [-0.39, 0.29) is 0 Å². The molecule has 0 saturated heterocycles. The molecule has 0 heterocycles. The third kappa shape index (κ3) is 5.89. The Balaban J connectivity index is 2.14. The third-order valence-corrected chi connectivity index (χ3v) is 4.02. The molecule has 1 N–H and O–H groups in total. The van der Waals surface area contributed by atoms with Gasteiger partial charge in [-0.3, -0.25) is 0 Å². The highest BCUT2D eigenvalue weighted by Gasteiger charge is 2.17. The Labute approximate surface area is 102 Å². The molecule has 0 amide bonds. The number of hydrogen-bond donors (Lipinski definition) is 1. The van der Waals surface area contributed by atoms with Crippen LogP contribution in [0.5, 0.6) is 0 Å². The number of unbranched alkanes of at least 4 members (excludes halogenated alkanes) is 2. The average Bonchev–Trinajstić information content (AvgIpc) is 2.44. The van der Waals surface area contributed by atoms with Crippen molar-refractivity contribution in [2.45, 2.75) is 90.6 Å². The molecule has 0 aromatic carbocycles. The Morgan fingerprint density at radius 3 is 2.69 bits per heavy atom. The summed E-state index contributed by atoms with van der Waals surface area (Å²) in [5.74, 6) is 0.960. The summed E-state index contributed by atoms with van der Waals surface area (Å²) >= 11 is 0. The largest absolute Gasteiger partial charge is 0.312 e. The van der Waals surface area contributed by atoms with Gasteiger partial charge in [0.15, 0.2) is 0 Å². The zero-order valence-electron chi connectivity index (χ0n) is 11.6. The zero-order valence-corrected chi connectivity index (χ0v) is 11.6. The predicted octanol–water partition coefficient (Wildman–Crippen LogP) is 4.51. The quantitative estimate of drug-likeness (QED) is 0.518. The van der Waals surface area contributed by atoms with E-state index in [0.717, 1.165) is 18.0 Å². The van der Waals surface area contributed by atoms with Crippen molar-refractivity contribution >= 4 is 0 Å². The van der Waals surface area contributed by atoms with Crippen molar-refractivity contribution in [1.29, 1.82) is 0 Å². The minimum atomic E-state index is 0.727. The van der Waals surface area contributed by atoms with E-state index in [9.17, 15) is 0 Å². The predicted molar refractivity (Wildman–Crippen MR) is 72.8 cm³/mol. The second-order valence-corrected chi connectivity index (χ2v) is 5.87. The topological polar surface area (TPSA) is 12.0 Å². The Bertz CT molecular complexity index is 167. The smallest absolute Gasteiger partial charge is 0.00696 e. The van der Waals surface area contributed by atoms with E-state index >= 15 is 0 Å². The second kappa shape index (κ2) is 8.11. The summed E-state index contributed by atoms with van der Waals surface area (Å²) in [6.45, 7) is 7.06. The molecule has 96 valence electrons. The molecule has 0 aromatic heterocycles. The summed E-state index contributed by atoms with van der Waals surface area (Å²) < 4.78 is 0. The lowest BCUT2D eigenvalue weighted by atomic mass is 10.0. The van der Waals surface area contributed by atoms with Crippen LogP contribution >= 0.6 is 0 Å². The molecule has 1 aliphatic carbocycles. The maximum atomic E-state index is 3.84. The molecule has 0 aromatic rings. The zero-order chi connectivity index (χ0) is 11.8. The van der Waals surface area contributed by atoms with Crippen LogP contribution in [0, 0.1) is 5.92 Å². The van der Waals surface area contributed by atoms with Crippen LogP contribution in [0.4, 0.5) is 0 Å². The minimum Gasteiger partial charge on any atom is -0.312 e. The Morgan fingerprint density at radius 2 is 1.94 bits per heavy atom. The van der Waals surface area contributed by atoms with E-state index in [1.54, 1.807) is 0 Å². The SMILES string of the molecule is CCCCCC(C)NC1CCCC(C)CC1. The van der Waals surface area contributed by atoms with Crippen molar-refractivity contribution in [3.05, 3.63) is 0 Å². The van der Waals surface area contributed by atoms with E-state index in [1.807, 2.05) is 0 Å². The fraction of sp³-hybridized carbons (Fsp3) is 1.00. The highest BCUT2D eigenvalue weighted by Crippen LogP contribution is 2.23. The van der Waals surface area contributed by atoms with Crippen LogP contribution in [0.2, 0.25) is 0 Å². The van der Waals surface area contributed by atoms with Gasteiger partial charge in [0.2, 0.25) is 0 Å². The first-order valence-corrected chi connectivity index (χ1v) is 7.48. The molecule has 1 saturated carbocycles. The molecule has 1 rings (SSSR count). The minimum absolute atomic E-state index is 0.727. The second-order valence-electron chi connectivity index (χ2n) is 5.87. The van der Waals surface area contributed by atoms with E-state index in [4.69, 9.17) is 0 Å². The highest BCUT2D eigenvalue weighted by atomic mass is 14.9. The fourth-order valence-corrected chi connectivity index (χ4v) is 2.84. The molecular formula is C15H31N. The summed E-state index contributed by atoms with van der Waals surface area (Å²) in [4.78, 5) is 0. The van der Waals surface area contributed by atoms with Crippen LogP contribution in [0.15, 0.2) is 0 Å². The molecule has 1 aliphatic rings. The van der Waals surface area contributed by atoms with Gasteiger partial charge in [0.05, 0.1) is 0 Å². The van der Waals surface area contributed by atoms with Crippen LogP contribution in [-0.4, -0.2) is 12.1 Å². The van der Waals surface area contributed by atoms with Gasteiger partial charge < -0.3 is 5.32 Å². The standard InChI is InChI=1S/C15H31N/c1-4-5-6-9-14(3)16-15-10-7-8-13(2)11-12-15/h13-16H,4-12H2,1-3H3. The van der Waals surface area contributed by atoms with E-state index in [1.165, 1.54) is 57.8 Å². The van der Waals surface area contributed by atoms with Gasteiger partial charge in [-0.25, -0.2) is 0 Å². The maximum absolute atomic E-state index is 3.84.